The van der Waals surface area contributed by atoms with Gasteiger partial charge in [-0.25, -0.2) is 9.37 Å². The predicted molar refractivity (Wildman–Crippen MR) is 85.8 cm³/mol. The molecule has 114 valence electrons. The molecule has 0 spiro atoms. The summed E-state index contributed by atoms with van der Waals surface area (Å²) < 4.78 is 13.7. The van der Waals surface area contributed by atoms with Crippen molar-refractivity contribution < 1.29 is 9.18 Å². The van der Waals surface area contributed by atoms with Gasteiger partial charge in [0.05, 0.1) is 6.04 Å². The van der Waals surface area contributed by atoms with Crippen molar-refractivity contribution in [2.24, 2.45) is 5.41 Å². The van der Waals surface area contributed by atoms with E-state index in [2.05, 4.69) is 38.5 Å². The van der Waals surface area contributed by atoms with Crippen LogP contribution in [0.15, 0.2) is 10.7 Å². The monoisotopic (exact) mass is 373 g/mol. The summed E-state index contributed by atoms with van der Waals surface area (Å²) in [5, 5.41) is 6.18. The molecule has 4 nitrogen and oxygen atoms in total. The van der Waals surface area contributed by atoms with Crippen LogP contribution in [0.1, 0.15) is 25.3 Å². The number of halogens is 2. The van der Waals surface area contributed by atoms with Gasteiger partial charge in [0.2, 0.25) is 5.91 Å². The molecule has 1 amide bonds. The minimum absolute atomic E-state index is 0.0863. The van der Waals surface area contributed by atoms with Gasteiger partial charge < -0.3 is 10.6 Å². The summed E-state index contributed by atoms with van der Waals surface area (Å²) in [7, 11) is 0. The second-order valence-corrected chi connectivity index (χ2v) is 7.64. The molecule has 7 heteroatoms. The highest BCUT2D eigenvalue weighted by atomic mass is 79.9. The zero-order valence-corrected chi connectivity index (χ0v) is 14.3. The van der Waals surface area contributed by atoms with Crippen LogP contribution < -0.4 is 10.6 Å². The highest BCUT2D eigenvalue weighted by molar-refractivity contribution is 9.10. The van der Waals surface area contributed by atoms with Gasteiger partial charge >= 0.3 is 0 Å². The van der Waals surface area contributed by atoms with Crippen molar-refractivity contribution in [2.75, 3.05) is 11.6 Å². The topological polar surface area (TPSA) is 54.0 Å². The maximum absolute atomic E-state index is 13.6. The van der Waals surface area contributed by atoms with E-state index < -0.39 is 5.82 Å². The van der Waals surface area contributed by atoms with E-state index in [4.69, 9.17) is 0 Å². The maximum atomic E-state index is 13.6. The van der Waals surface area contributed by atoms with E-state index in [0.29, 0.717) is 23.2 Å². The number of anilines is 1. The fourth-order valence-corrected chi connectivity index (χ4v) is 3.73. The van der Waals surface area contributed by atoms with E-state index in [9.17, 15) is 9.18 Å². The van der Waals surface area contributed by atoms with E-state index in [0.717, 1.165) is 12.8 Å². The molecular weight excluding hydrogens is 357 g/mol. The largest absolute Gasteiger partial charge is 0.309 e. The van der Waals surface area contributed by atoms with Gasteiger partial charge in [0.1, 0.15) is 10.4 Å². The van der Waals surface area contributed by atoms with Crippen molar-refractivity contribution in [3.05, 3.63) is 22.1 Å². The van der Waals surface area contributed by atoms with Gasteiger partial charge in [-0.05, 0) is 46.5 Å². The van der Waals surface area contributed by atoms with Crippen LogP contribution in [-0.4, -0.2) is 29.2 Å². The zero-order valence-electron chi connectivity index (χ0n) is 11.9. The SMILES string of the molecule is CSCc1cc(F)c(Br)nc1NC(=O)[C@@H]1C[C@@]2(C)C[C@H]2N1. The third-order valence-electron chi connectivity index (χ3n) is 4.29. The lowest BCUT2D eigenvalue weighted by Crippen LogP contribution is -2.38. The fourth-order valence-electron chi connectivity index (χ4n) is 2.91. The Morgan fingerprint density at radius 2 is 2.43 bits per heavy atom. The Morgan fingerprint density at radius 1 is 1.67 bits per heavy atom. The van der Waals surface area contributed by atoms with Crippen LogP contribution >= 0.6 is 27.7 Å². The number of carbonyl (C=O) groups is 1. The number of hydrogen-bond acceptors (Lipinski definition) is 4. The lowest BCUT2D eigenvalue weighted by molar-refractivity contribution is -0.118. The molecule has 1 aliphatic carbocycles. The molecule has 2 heterocycles. The van der Waals surface area contributed by atoms with Crippen LogP contribution in [0.3, 0.4) is 0 Å². The van der Waals surface area contributed by atoms with Gasteiger partial charge in [0.15, 0.2) is 5.82 Å². The molecule has 21 heavy (non-hydrogen) atoms. The molecule has 2 fully saturated rings. The molecule has 0 aromatic carbocycles. The fraction of sp³-hybridized carbons (Fsp3) is 0.571. The Morgan fingerprint density at radius 3 is 3.05 bits per heavy atom. The van der Waals surface area contributed by atoms with Crippen LogP contribution in [0.2, 0.25) is 0 Å². The third kappa shape index (κ3) is 2.96. The molecule has 0 radical (unpaired) electrons. The van der Waals surface area contributed by atoms with Gasteiger partial charge in [-0.2, -0.15) is 11.8 Å². The van der Waals surface area contributed by atoms with Gasteiger partial charge in [-0.15, -0.1) is 0 Å². The minimum Gasteiger partial charge on any atom is -0.309 e. The summed E-state index contributed by atoms with van der Waals surface area (Å²) in [4.78, 5) is 16.5. The smallest absolute Gasteiger partial charge is 0.242 e. The molecule has 1 aromatic rings. The van der Waals surface area contributed by atoms with Crippen LogP contribution in [0.5, 0.6) is 0 Å². The van der Waals surface area contributed by atoms with Crippen molar-refractivity contribution in [3.8, 4) is 0 Å². The van der Waals surface area contributed by atoms with E-state index in [1.807, 2.05) is 6.26 Å². The number of thioether (sulfide) groups is 1. The predicted octanol–water partition coefficient (Wildman–Crippen LogP) is 2.93. The van der Waals surface area contributed by atoms with Crippen molar-refractivity contribution in [2.45, 2.75) is 37.6 Å². The normalized spacial score (nSPS) is 30.1. The Kier molecular flexibility index (Phi) is 4.00. The van der Waals surface area contributed by atoms with E-state index in [-0.39, 0.29) is 22.0 Å². The molecule has 3 rings (SSSR count). The molecule has 1 aliphatic heterocycles. The minimum atomic E-state index is -0.412. The number of nitrogens with zero attached hydrogens (tertiary/aromatic N) is 1. The highest BCUT2D eigenvalue weighted by Gasteiger charge is 2.58. The van der Waals surface area contributed by atoms with Gasteiger partial charge in [0.25, 0.3) is 0 Å². The highest BCUT2D eigenvalue weighted by Crippen LogP contribution is 2.53. The molecule has 1 saturated carbocycles. The molecule has 3 atom stereocenters. The summed E-state index contributed by atoms with van der Waals surface area (Å²) in [6, 6.07) is 1.71. The first-order chi connectivity index (χ1) is 9.93. The summed E-state index contributed by atoms with van der Waals surface area (Å²) in [6.07, 6.45) is 3.93. The van der Waals surface area contributed by atoms with Crippen LogP contribution in [0.4, 0.5) is 10.2 Å². The first-order valence-corrected chi connectivity index (χ1v) is 9.02. The Labute approximate surface area is 135 Å². The average Bonchev–Trinajstić information content (AvgIpc) is 2.93. The number of nitrogens with one attached hydrogen (secondary N) is 2. The number of aromatic nitrogens is 1. The number of piperidine rings is 1. The first-order valence-electron chi connectivity index (χ1n) is 6.84. The van der Waals surface area contributed by atoms with Crippen LogP contribution in [0, 0.1) is 11.2 Å². The molecule has 0 bridgehead atoms. The number of hydrogen-bond donors (Lipinski definition) is 2. The number of amides is 1. The lowest BCUT2D eigenvalue weighted by atomic mass is 10.0. The molecule has 1 saturated heterocycles. The maximum Gasteiger partial charge on any atom is 0.242 e. The van der Waals surface area contributed by atoms with Crippen molar-refractivity contribution in [1.82, 2.24) is 10.3 Å². The Bertz CT molecular complexity index is 600. The molecule has 1 aromatic heterocycles. The van der Waals surface area contributed by atoms with Crippen LogP contribution in [0.25, 0.3) is 0 Å². The average molecular weight is 374 g/mol. The third-order valence-corrected chi connectivity index (χ3v) is 5.45. The quantitative estimate of drug-likeness (QED) is 0.796. The van der Waals surface area contributed by atoms with E-state index in [1.165, 1.54) is 6.07 Å². The standard InChI is InChI=1S/C14H17BrFN3OS/c1-14-4-9(17-10(14)5-14)13(20)19-12-7(6-21-2)3-8(16)11(15)18-12/h3,9-10,17H,4-6H2,1-2H3,(H,18,19,20)/t9-,10+,14-/m0/s1. The summed E-state index contributed by atoms with van der Waals surface area (Å²) in [5.74, 6) is 0.544. The van der Waals surface area contributed by atoms with Crippen molar-refractivity contribution in [3.63, 3.8) is 0 Å². The molecular formula is C14H17BrFN3OS. The van der Waals surface area contributed by atoms with Gasteiger partial charge in [-0.3, -0.25) is 4.79 Å². The Balaban J connectivity index is 1.74. The van der Waals surface area contributed by atoms with Crippen molar-refractivity contribution >= 4 is 39.4 Å². The lowest BCUT2D eigenvalue weighted by Gasteiger charge is -2.16. The van der Waals surface area contributed by atoms with Crippen molar-refractivity contribution in [1.29, 1.82) is 0 Å². The molecule has 0 unspecified atom stereocenters. The zero-order chi connectivity index (χ0) is 15.2. The molecule has 2 N–H and O–H groups in total. The van der Waals surface area contributed by atoms with E-state index >= 15 is 0 Å². The van der Waals surface area contributed by atoms with Gasteiger partial charge in [-0.1, -0.05) is 6.92 Å². The van der Waals surface area contributed by atoms with Gasteiger partial charge in [0, 0.05) is 17.4 Å². The van der Waals surface area contributed by atoms with E-state index in [1.54, 1.807) is 11.8 Å². The summed E-state index contributed by atoms with van der Waals surface area (Å²) in [5.41, 5.74) is 0.979. The van der Waals surface area contributed by atoms with Crippen LogP contribution in [-0.2, 0) is 10.5 Å². The second kappa shape index (κ2) is 5.52. The number of carbonyl (C=O) groups excluding carboxylic acids is 1. The summed E-state index contributed by atoms with van der Waals surface area (Å²) in [6.45, 7) is 2.20. The number of pyridine rings is 1. The second-order valence-electron chi connectivity index (χ2n) is 6.03. The molecule has 2 aliphatic rings. The Hall–Kier alpha value is -0.660. The number of fused-ring (bicyclic) bond motifs is 1. The summed E-state index contributed by atoms with van der Waals surface area (Å²) >= 11 is 4.63. The first kappa shape index (κ1) is 15.2. The number of rotatable bonds is 4.